The van der Waals surface area contributed by atoms with E-state index in [9.17, 15) is 0 Å². The molecule has 96 valence electrons. The summed E-state index contributed by atoms with van der Waals surface area (Å²) in [4.78, 5) is 5.58. The molecule has 1 fully saturated rings. The summed E-state index contributed by atoms with van der Waals surface area (Å²) in [5.74, 6) is 2.60. The normalized spacial score (nSPS) is 26.9. The number of nitrogens with zero attached hydrogens (tertiary/aromatic N) is 1. The van der Waals surface area contributed by atoms with Crippen molar-refractivity contribution in [3.63, 3.8) is 0 Å². The SMILES string of the molecule is CCNC(Cc1cncs1)C1SCCSC1C. The Labute approximate surface area is 116 Å². The van der Waals surface area contributed by atoms with Gasteiger partial charge in [-0.15, -0.1) is 11.3 Å². The van der Waals surface area contributed by atoms with Crippen molar-refractivity contribution in [2.45, 2.75) is 36.8 Å². The largest absolute Gasteiger partial charge is 0.313 e. The minimum absolute atomic E-state index is 0.591. The second kappa shape index (κ2) is 7.02. The molecule has 0 bridgehead atoms. The van der Waals surface area contributed by atoms with Crippen LogP contribution in [0.15, 0.2) is 11.7 Å². The number of likely N-dealkylation sites (N-methyl/N-ethyl adjacent to an activating group) is 1. The second-order valence-corrected chi connectivity index (χ2v) is 7.99. The Morgan fingerprint density at radius 1 is 1.47 bits per heavy atom. The molecule has 1 N–H and O–H groups in total. The van der Waals surface area contributed by atoms with Crippen LogP contribution in [0.2, 0.25) is 0 Å². The first-order valence-corrected chi connectivity index (χ1v) is 9.13. The molecule has 0 radical (unpaired) electrons. The molecule has 1 aliphatic rings. The molecule has 0 aromatic carbocycles. The molecule has 3 unspecified atom stereocenters. The lowest BCUT2D eigenvalue weighted by molar-refractivity contribution is 0.503. The van der Waals surface area contributed by atoms with E-state index >= 15 is 0 Å². The van der Waals surface area contributed by atoms with Crippen molar-refractivity contribution in [3.8, 4) is 0 Å². The summed E-state index contributed by atoms with van der Waals surface area (Å²) in [5, 5.41) is 5.15. The summed E-state index contributed by atoms with van der Waals surface area (Å²) in [5.41, 5.74) is 1.94. The van der Waals surface area contributed by atoms with Gasteiger partial charge in [-0.1, -0.05) is 13.8 Å². The zero-order valence-electron chi connectivity index (χ0n) is 10.4. The second-order valence-electron chi connectivity index (χ2n) is 4.25. The van der Waals surface area contributed by atoms with Crippen LogP contribution in [0.25, 0.3) is 0 Å². The van der Waals surface area contributed by atoms with Crippen LogP contribution in [0.5, 0.6) is 0 Å². The van der Waals surface area contributed by atoms with Gasteiger partial charge in [-0.05, 0) is 13.0 Å². The van der Waals surface area contributed by atoms with E-state index in [0.29, 0.717) is 6.04 Å². The first-order chi connectivity index (χ1) is 8.31. The lowest BCUT2D eigenvalue weighted by Gasteiger charge is -2.34. The standard InChI is InChI=1S/C12H20N2S3/c1-3-14-11(6-10-7-13-8-17-10)12-9(2)15-4-5-16-12/h7-9,11-12,14H,3-6H2,1-2H3. The fourth-order valence-electron chi connectivity index (χ4n) is 2.22. The summed E-state index contributed by atoms with van der Waals surface area (Å²) in [6.07, 6.45) is 3.14. The summed E-state index contributed by atoms with van der Waals surface area (Å²) in [6.45, 7) is 5.63. The fourth-order valence-corrected chi connectivity index (χ4v) is 5.83. The smallest absolute Gasteiger partial charge is 0.0794 e. The lowest BCUT2D eigenvalue weighted by Crippen LogP contribution is -2.45. The van der Waals surface area contributed by atoms with Crippen LogP contribution in [0.4, 0.5) is 0 Å². The molecule has 2 nitrogen and oxygen atoms in total. The average Bonchev–Trinajstić information content (AvgIpc) is 2.82. The molecule has 1 aromatic rings. The third kappa shape index (κ3) is 3.88. The highest BCUT2D eigenvalue weighted by atomic mass is 32.2. The van der Waals surface area contributed by atoms with Crippen LogP contribution < -0.4 is 5.32 Å². The van der Waals surface area contributed by atoms with Crippen molar-refractivity contribution in [1.82, 2.24) is 10.3 Å². The zero-order chi connectivity index (χ0) is 12.1. The fraction of sp³-hybridized carbons (Fsp3) is 0.750. The van der Waals surface area contributed by atoms with Gasteiger partial charge in [0.1, 0.15) is 0 Å². The molecule has 0 spiro atoms. The average molecular weight is 289 g/mol. The highest BCUT2D eigenvalue weighted by Gasteiger charge is 2.30. The van der Waals surface area contributed by atoms with Gasteiger partial charge in [0.25, 0.3) is 0 Å². The van der Waals surface area contributed by atoms with E-state index in [0.717, 1.165) is 23.5 Å². The number of aromatic nitrogens is 1. The number of thioether (sulfide) groups is 2. The van der Waals surface area contributed by atoms with Crippen molar-refractivity contribution in [2.24, 2.45) is 0 Å². The Morgan fingerprint density at radius 2 is 2.29 bits per heavy atom. The van der Waals surface area contributed by atoms with E-state index in [4.69, 9.17) is 0 Å². The van der Waals surface area contributed by atoms with Crippen LogP contribution in [0.3, 0.4) is 0 Å². The predicted octanol–water partition coefficient (Wildman–Crippen LogP) is 2.90. The van der Waals surface area contributed by atoms with E-state index in [1.165, 1.54) is 16.4 Å². The number of hydrogen-bond acceptors (Lipinski definition) is 5. The molecule has 2 heterocycles. The topological polar surface area (TPSA) is 24.9 Å². The molecule has 0 saturated carbocycles. The maximum absolute atomic E-state index is 4.18. The van der Waals surface area contributed by atoms with E-state index in [1.807, 2.05) is 11.7 Å². The van der Waals surface area contributed by atoms with Gasteiger partial charge in [0.05, 0.1) is 5.51 Å². The Kier molecular flexibility index (Phi) is 5.66. The van der Waals surface area contributed by atoms with Gasteiger partial charge in [0, 0.05) is 39.1 Å². The van der Waals surface area contributed by atoms with E-state index in [2.05, 4.69) is 47.7 Å². The summed E-state index contributed by atoms with van der Waals surface area (Å²) in [6, 6.07) is 0.591. The highest BCUT2D eigenvalue weighted by molar-refractivity contribution is 8.07. The van der Waals surface area contributed by atoms with E-state index in [1.54, 1.807) is 11.3 Å². The molecule has 0 aliphatic carbocycles. The van der Waals surface area contributed by atoms with Crippen LogP contribution in [-0.2, 0) is 6.42 Å². The molecule has 0 amide bonds. The van der Waals surface area contributed by atoms with Gasteiger partial charge in [-0.2, -0.15) is 23.5 Å². The molecular formula is C12H20N2S3. The summed E-state index contributed by atoms with van der Waals surface area (Å²) < 4.78 is 0. The Bertz CT molecular complexity index is 316. The van der Waals surface area contributed by atoms with Crippen molar-refractivity contribution in [3.05, 3.63) is 16.6 Å². The van der Waals surface area contributed by atoms with Crippen molar-refractivity contribution < 1.29 is 0 Å². The van der Waals surface area contributed by atoms with Crippen LogP contribution in [-0.4, -0.2) is 39.6 Å². The first-order valence-electron chi connectivity index (χ1n) is 6.15. The Hall–Kier alpha value is 0.290. The number of hydrogen-bond donors (Lipinski definition) is 1. The van der Waals surface area contributed by atoms with Gasteiger partial charge >= 0.3 is 0 Å². The zero-order valence-corrected chi connectivity index (χ0v) is 12.8. The van der Waals surface area contributed by atoms with Crippen LogP contribution in [0.1, 0.15) is 18.7 Å². The third-order valence-electron chi connectivity index (χ3n) is 3.00. The van der Waals surface area contributed by atoms with Crippen molar-refractivity contribution in [1.29, 1.82) is 0 Å². The third-order valence-corrected chi connectivity index (χ3v) is 7.06. The first kappa shape index (κ1) is 13.7. The van der Waals surface area contributed by atoms with Crippen molar-refractivity contribution in [2.75, 3.05) is 18.1 Å². The monoisotopic (exact) mass is 288 g/mol. The predicted molar refractivity (Wildman–Crippen MR) is 81.4 cm³/mol. The summed E-state index contributed by atoms with van der Waals surface area (Å²) >= 11 is 6.04. The minimum atomic E-state index is 0.591. The summed E-state index contributed by atoms with van der Waals surface area (Å²) in [7, 11) is 0. The van der Waals surface area contributed by atoms with Gasteiger partial charge < -0.3 is 5.32 Å². The van der Waals surface area contributed by atoms with Crippen LogP contribution in [0, 0.1) is 0 Å². The molecule has 1 saturated heterocycles. The number of thiazole rings is 1. The quantitative estimate of drug-likeness (QED) is 0.900. The minimum Gasteiger partial charge on any atom is -0.313 e. The lowest BCUT2D eigenvalue weighted by atomic mass is 10.1. The Morgan fingerprint density at radius 3 is 2.94 bits per heavy atom. The Balaban J connectivity index is 1.99. The number of nitrogens with one attached hydrogen (secondary N) is 1. The highest BCUT2D eigenvalue weighted by Crippen LogP contribution is 2.34. The molecular weight excluding hydrogens is 268 g/mol. The van der Waals surface area contributed by atoms with Crippen molar-refractivity contribution >= 4 is 34.9 Å². The maximum Gasteiger partial charge on any atom is 0.0794 e. The molecule has 1 aromatic heterocycles. The van der Waals surface area contributed by atoms with Gasteiger partial charge in [0.15, 0.2) is 0 Å². The van der Waals surface area contributed by atoms with Gasteiger partial charge in [-0.25, -0.2) is 0 Å². The molecule has 5 heteroatoms. The molecule has 3 atom stereocenters. The van der Waals surface area contributed by atoms with Gasteiger partial charge in [-0.3, -0.25) is 4.98 Å². The number of rotatable bonds is 5. The van der Waals surface area contributed by atoms with Crippen LogP contribution >= 0.6 is 34.9 Å². The molecule has 17 heavy (non-hydrogen) atoms. The van der Waals surface area contributed by atoms with Gasteiger partial charge in [0.2, 0.25) is 0 Å². The maximum atomic E-state index is 4.18. The molecule has 2 rings (SSSR count). The molecule has 1 aliphatic heterocycles. The van der Waals surface area contributed by atoms with E-state index < -0.39 is 0 Å². The van der Waals surface area contributed by atoms with E-state index in [-0.39, 0.29) is 0 Å².